The second-order valence-electron chi connectivity index (χ2n) is 10.4. The zero-order valence-corrected chi connectivity index (χ0v) is 24.0. The van der Waals surface area contributed by atoms with Gasteiger partial charge in [0.05, 0.1) is 25.1 Å². The number of anilines is 1. The van der Waals surface area contributed by atoms with Crippen LogP contribution in [0, 0.1) is 0 Å². The van der Waals surface area contributed by atoms with E-state index in [9.17, 15) is 13.2 Å². The molecule has 1 aromatic carbocycles. The third-order valence-electron chi connectivity index (χ3n) is 6.10. The lowest BCUT2D eigenvalue weighted by Gasteiger charge is -2.32. The van der Waals surface area contributed by atoms with Crippen LogP contribution >= 0.6 is 11.6 Å². The normalized spacial score (nSPS) is 14.8. The molecule has 1 saturated heterocycles. The molecule has 2 aromatic heterocycles. The monoisotopic (exact) mass is 576 g/mol. The summed E-state index contributed by atoms with van der Waals surface area (Å²) in [4.78, 5) is 19.0. The summed E-state index contributed by atoms with van der Waals surface area (Å²) >= 11 is 6.26. The first-order chi connectivity index (χ1) is 18.4. The van der Waals surface area contributed by atoms with Crippen LogP contribution in [0.5, 0.6) is 0 Å². The lowest BCUT2D eigenvalue weighted by atomic mass is 9.93. The fourth-order valence-electron chi connectivity index (χ4n) is 4.39. The molecule has 0 spiro atoms. The van der Waals surface area contributed by atoms with Gasteiger partial charge in [0.25, 0.3) is 10.1 Å². The van der Waals surface area contributed by atoms with E-state index in [1.807, 2.05) is 24.4 Å². The summed E-state index contributed by atoms with van der Waals surface area (Å²) in [5, 5.41) is 12.0. The average Bonchev–Trinajstić information content (AvgIpc) is 3.29. The predicted octanol–water partition coefficient (Wildman–Crippen LogP) is 4.20. The molecule has 1 aliphatic rings. The zero-order valence-electron chi connectivity index (χ0n) is 22.4. The molecule has 1 aliphatic heterocycles. The second-order valence-corrected chi connectivity index (χ2v) is 12.4. The lowest BCUT2D eigenvalue weighted by molar-refractivity contribution is 0.0522. The maximum absolute atomic E-state index is 12.4. The van der Waals surface area contributed by atoms with E-state index in [1.54, 1.807) is 43.5 Å². The first-order valence-electron chi connectivity index (χ1n) is 12.6. The molecule has 1 amide bonds. The minimum Gasteiger partial charge on any atom is -0.444 e. The Balaban J connectivity index is 1.66. The molecule has 210 valence electrons. The van der Waals surface area contributed by atoms with Crippen LogP contribution < -0.4 is 10.2 Å². The summed E-state index contributed by atoms with van der Waals surface area (Å²) in [7, 11) is -3.71. The van der Waals surface area contributed by atoms with Gasteiger partial charge >= 0.3 is 6.09 Å². The number of halogens is 1. The van der Waals surface area contributed by atoms with Crippen LogP contribution in [0.3, 0.4) is 0 Å². The van der Waals surface area contributed by atoms with Gasteiger partial charge in [-0.3, -0.25) is 13.7 Å². The van der Waals surface area contributed by atoms with Crippen LogP contribution in [0.2, 0.25) is 5.02 Å². The van der Waals surface area contributed by atoms with Gasteiger partial charge in [-0.25, -0.2) is 4.79 Å². The van der Waals surface area contributed by atoms with E-state index in [0.29, 0.717) is 47.1 Å². The van der Waals surface area contributed by atoms with E-state index in [1.165, 1.54) is 0 Å². The number of hydrogen-bond donors (Lipinski definition) is 1. The Morgan fingerprint density at radius 1 is 1.15 bits per heavy atom. The minimum atomic E-state index is -3.71. The highest BCUT2D eigenvalue weighted by Gasteiger charge is 2.28. The Morgan fingerprint density at radius 3 is 2.54 bits per heavy atom. The molecule has 0 unspecified atom stereocenters. The van der Waals surface area contributed by atoms with Gasteiger partial charge in [0, 0.05) is 41.5 Å². The van der Waals surface area contributed by atoms with E-state index < -0.39 is 21.8 Å². The number of nitrogens with zero attached hydrogens (tertiary/aromatic N) is 5. The number of amides is 1. The molecule has 0 aliphatic carbocycles. The Bertz CT molecular complexity index is 1400. The highest BCUT2D eigenvalue weighted by molar-refractivity contribution is 7.85. The summed E-state index contributed by atoms with van der Waals surface area (Å²) in [6.45, 7) is 6.56. The third-order valence-corrected chi connectivity index (χ3v) is 6.88. The van der Waals surface area contributed by atoms with Crippen LogP contribution in [0.15, 0.2) is 42.6 Å². The van der Waals surface area contributed by atoms with Crippen molar-refractivity contribution < 1.29 is 22.1 Å². The average molecular weight is 577 g/mol. The molecule has 1 fully saturated rings. The number of carbonyl (C=O) groups excluding carboxylic acids is 1. The molecule has 1 N–H and O–H groups in total. The Labute approximate surface area is 233 Å². The van der Waals surface area contributed by atoms with E-state index in [0.717, 1.165) is 24.8 Å². The minimum absolute atomic E-state index is 0.0291. The Hall–Kier alpha value is -3.22. The van der Waals surface area contributed by atoms with Crippen molar-refractivity contribution in [2.45, 2.75) is 58.3 Å². The van der Waals surface area contributed by atoms with Gasteiger partial charge in [0.2, 0.25) is 5.95 Å². The molecular weight excluding hydrogens is 544 g/mol. The van der Waals surface area contributed by atoms with Crippen molar-refractivity contribution in [1.82, 2.24) is 25.1 Å². The Kier molecular flexibility index (Phi) is 8.77. The second kappa shape index (κ2) is 11.9. The number of rotatable bonds is 8. The molecule has 0 radical (unpaired) electrons. The summed E-state index contributed by atoms with van der Waals surface area (Å²) in [6, 6.07) is 11.0. The molecule has 11 nitrogen and oxygen atoms in total. The topological polar surface area (TPSA) is 129 Å². The standard InChI is InChI=1S/C26H33ClN6O5S/c1-26(2,3)38-25(34)29-16-23-30-31-24(32-13-10-18(11-14-32)21-7-5-6-12-28-21)33(23)22-9-8-20(27)15-19(22)17-37-39(4,35)36/h5-9,12,15,18H,10-11,13-14,16-17H2,1-4H3,(H,29,34). The van der Waals surface area contributed by atoms with Gasteiger partial charge in [-0.2, -0.15) is 8.42 Å². The number of benzene rings is 1. The molecule has 4 rings (SSSR count). The molecule has 0 saturated carbocycles. The fourth-order valence-corrected chi connectivity index (χ4v) is 4.93. The quantitative estimate of drug-likeness (QED) is 0.392. The van der Waals surface area contributed by atoms with Crippen LogP contribution in [0.1, 0.15) is 56.6 Å². The maximum atomic E-state index is 12.4. The van der Waals surface area contributed by atoms with Crippen molar-refractivity contribution in [3.8, 4) is 5.69 Å². The first-order valence-corrected chi connectivity index (χ1v) is 14.8. The molecule has 0 bridgehead atoms. The molecule has 3 heterocycles. The van der Waals surface area contributed by atoms with Crippen molar-refractivity contribution in [2.75, 3.05) is 24.2 Å². The van der Waals surface area contributed by atoms with E-state index >= 15 is 0 Å². The number of aromatic nitrogens is 4. The summed E-state index contributed by atoms with van der Waals surface area (Å²) < 4.78 is 35.8. The molecule has 13 heteroatoms. The van der Waals surface area contributed by atoms with Crippen molar-refractivity contribution >= 4 is 33.8 Å². The third kappa shape index (κ3) is 7.90. The van der Waals surface area contributed by atoms with Crippen LogP contribution in [0.4, 0.5) is 10.7 Å². The highest BCUT2D eigenvalue weighted by atomic mass is 35.5. The summed E-state index contributed by atoms with van der Waals surface area (Å²) in [5.74, 6) is 1.34. The number of pyridine rings is 1. The smallest absolute Gasteiger partial charge is 0.408 e. The summed E-state index contributed by atoms with van der Waals surface area (Å²) in [6.07, 6.45) is 3.96. The highest BCUT2D eigenvalue weighted by Crippen LogP contribution is 2.32. The predicted molar refractivity (Wildman–Crippen MR) is 148 cm³/mol. The SMILES string of the molecule is CC(C)(C)OC(=O)NCc1nnc(N2CCC(c3ccccn3)CC2)n1-c1ccc(Cl)cc1COS(C)(=O)=O. The first kappa shape index (κ1) is 28.8. The summed E-state index contributed by atoms with van der Waals surface area (Å²) in [5.41, 5.74) is 1.53. The molecular formula is C26H33ClN6O5S. The van der Waals surface area contributed by atoms with Gasteiger partial charge in [0.15, 0.2) is 5.82 Å². The lowest BCUT2D eigenvalue weighted by Crippen LogP contribution is -2.35. The molecule has 0 atom stereocenters. The van der Waals surface area contributed by atoms with Crippen molar-refractivity contribution in [1.29, 1.82) is 0 Å². The van der Waals surface area contributed by atoms with Gasteiger partial charge < -0.3 is 15.0 Å². The number of ether oxygens (including phenoxy) is 1. The fraction of sp³-hybridized carbons (Fsp3) is 0.462. The number of piperidine rings is 1. The number of alkyl carbamates (subject to hydrolysis) is 1. The maximum Gasteiger partial charge on any atom is 0.408 e. The number of carbonyl (C=O) groups is 1. The Morgan fingerprint density at radius 2 is 1.90 bits per heavy atom. The van der Waals surface area contributed by atoms with Gasteiger partial charge in [-0.15, -0.1) is 10.2 Å². The van der Waals surface area contributed by atoms with Gasteiger partial charge in [-0.1, -0.05) is 17.7 Å². The van der Waals surface area contributed by atoms with Crippen molar-refractivity contribution in [3.63, 3.8) is 0 Å². The van der Waals surface area contributed by atoms with Crippen LogP contribution in [0.25, 0.3) is 5.69 Å². The molecule has 3 aromatic rings. The van der Waals surface area contributed by atoms with Crippen molar-refractivity contribution in [2.24, 2.45) is 0 Å². The van der Waals surface area contributed by atoms with Crippen LogP contribution in [-0.4, -0.2) is 59.2 Å². The van der Waals surface area contributed by atoms with Crippen molar-refractivity contribution in [3.05, 3.63) is 64.7 Å². The van der Waals surface area contributed by atoms with E-state index in [4.69, 9.17) is 20.5 Å². The van der Waals surface area contributed by atoms with Gasteiger partial charge in [-0.05, 0) is 63.9 Å². The number of nitrogens with one attached hydrogen (secondary N) is 1. The van der Waals surface area contributed by atoms with Gasteiger partial charge in [0.1, 0.15) is 5.60 Å². The zero-order chi connectivity index (χ0) is 28.2. The molecule has 39 heavy (non-hydrogen) atoms. The van der Waals surface area contributed by atoms with Crippen LogP contribution in [-0.2, 0) is 32.2 Å². The van der Waals surface area contributed by atoms with E-state index in [2.05, 4.69) is 25.4 Å². The van der Waals surface area contributed by atoms with E-state index in [-0.39, 0.29) is 13.2 Å². The number of hydrogen-bond acceptors (Lipinski definition) is 9. The largest absolute Gasteiger partial charge is 0.444 e.